The standard InChI is InChI=1S/C16H14F3N3O4/c17-16(18,19)10-3-1-2-9(6-10)8-20-11-4-5-12(21-14(23)24)13(7-11)22-15(25)26/h1-7,20-22H,8H2,(H,23,24)(H,25,26). The lowest BCUT2D eigenvalue weighted by Crippen LogP contribution is -2.14. The number of alkyl halides is 3. The van der Waals surface area contributed by atoms with E-state index in [-0.39, 0.29) is 17.9 Å². The fourth-order valence-electron chi connectivity index (χ4n) is 2.16. The summed E-state index contributed by atoms with van der Waals surface area (Å²) in [6.45, 7) is 0.0577. The Hall–Kier alpha value is -3.43. The summed E-state index contributed by atoms with van der Waals surface area (Å²) in [6.07, 6.45) is -7.21. The molecule has 0 radical (unpaired) electrons. The molecule has 0 aliphatic rings. The largest absolute Gasteiger partial charge is 0.465 e. The van der Waals surface area contributed by atoms with Crippen molar-refractivity contribution in [3.05, 3.63) is 53.6 Å². The first-order chi connectivity index (χ1) is 12.1. The Morgan fingerprint density at radius 3 is 2.19 bits per heavy atom. The van der Waals surface area contributed by atoms with Crippen molar-refractivity contribution in [2.24, 2.45) is 0 Å². The lowest BCUT2D eigenvalue weighted by molar-refractivity contribution is -0.137. The molecule has 0 unspecified atom stereocenters. The second kappa shape index (κ2) is 7.64. The van der Waals surface area contributed by atoms with Crippen LogP contribution in [0.4, 0.5) is 39.8 Å². The Bertz CT molecular complexity index is 825. The summed E-state index contributed by atoms with van der Waals surface area (Å²) < 4.78 is 38.1. The second-order valence-corrected chi connectivity index (χ2v) is 5.17. The van der Waals surface area contributed by atoms with E-state index in [9.17, 15) is 22.8 Å². The SMILES string of the molecule is O=C(O)Nc1ccc(NCc2cccc(C(F)(F)F)c2)cc1NC(=O)O. The molecule has 0 bridgehead atoms. The molecule has 2 aromatic carbocycles. The highest BCUT2D eigenvalue weighted by atomic mass is 19.4. The molecule has 0 heterocycles. The predicted octanol–water partition coefficient (Wildman–Crippen LogP) is 4.50. The molecule has 0 aliphatic heterocycles. The molecule has 7 nitrogen and oxygen atoms in total. The van der Waals surface area contributed by atoms with E-state index >= 15 is 0 Å². The van der Waals surface area contributed by atoms with E-state index in [4.69, 9.17) is 10.2 Å². The van der Waals surface area contributed by atoms with Crippen LogP contribution in [0.3, 0.4) is 0 Å². The van der Waals surface area contributed by atoms with Gasteiger partial charge in [0.15, 0.2) is 0 Å². The highest BCUT2D eigenvalue weighted by Crippen LogP contribution is 2.30. The van der Waals surface area contributed by atoms with Crippen LogP contribution in [0.1, 0.15) is 11.1 Å². The van der Waals surface area contributed by atoms with Crippen molar-refractivity contribution < 1.29 is 33.0 Å². The smallest absolute Gasteiger partial charge is 0.416 e. The number of benzene rings is 2. The zero-order valence-electron chi connectivity index (χ0n) is 13.1. The molecule has 5 N–H and O–H groups in total. The molecule has 0 saturated heterocycles. The Kier molecular flexibility index (Phi) is 5.55. The minimum atomic E-state index is -4.45. The van der Waals surface area contributed by atoms with Crippen LogP contribution < -0.4 is 16.0 Å². The van der Waals surface area contributed by atoms with E-state index < -0.39 is 23.9 Å². The summed E-state index contributed by atoms with van der Waals surface area (Å²) in [7, 11) is 0. The number of nitrogens with one attached hydrogen (secondary N) is 3. The number of anilines is 3. The van der Waals surface area contributed by atoms with Gasteiger partial charge in [-0.15, -0.1) is 0 Å². The number of halogens is 3. The van der Waals surface area contributed by atoms with E-state index in [2.05, 4.69) is 5.32 Å². The zero-order chi connectivity index (χ0) is 19.3. The average molecular weight is 369 g/mol. The van der Waals surface area contributed by atoms with E-state index in [0.29, 0.717) is 11.3 Å². The maximum atomic E-state index is 12.7. The first kappa shape index (κ1) is 18.9. The van der Waals surface area contributed by atoms with Gasteiger partial charge in [-0.3, -0.25) is 10.6 Å². The van der Waals surface area contributed by atoms with Gasteiger partial charge >= 0.3 is 18.4 Å². The van der Waals surface area contributed by atoms with Gasteiger partial charge in [-0.25, -0.2) is 9.59 Å². The fourth-order valence-corrected chi connectivity index (χ4v) is 2.16. The van der Waals surface area contributed by atoms with Crippen LogP contribution in [0.15, 0.2) is 42.5 Å². The highest BCUT2D eigenvalue weighted by Gasteiger charge is 2.30. The van der Waals surface area contributed by atoms with Crippen LogP contribution in [0.5, 0.6) is 0 Å². The summed E-state index contributed by atoms with van der Waals surface area (Å²) in [5, 5.41) is 24.5. The Labute approximate surface area is 145 Å². The van der Waals surface area contributed by atoms with Crippen LogP contribution >= 0.6 is 0 Å². The van der Waals surface area contributed by atoms with Gasteiger partial charge in [0.2, 0.25) is 0 Å². The number of hydrogen-bond donors (Lipinski definition) is 5. The van der Waals surface area contributed by atoms with Crippen molar-refractivity contribution in [3.8, 4) is 0 Å². The van der Waals surface area contributed by atoms with Gasteiger partial charge in [-0.2, -0.15) is 13.2 Å². The Balaban J connectivity index is 2.17. The highest BCUT2D eigenvalue weighted by molar-refractivity contribution is 5.95. The number of carbonyl (C=O) groups is 2. The minimum Gasteiger partial charge on any atom is -0.465 e. The van der Waals surface area contributed by atoms with Crippen molar-refractivity contribution in [1.29, 1.82) is 0 Å². The molecule has 2 aromatic rings. The topological polar surface area (TPSA) is 111 Å². The molecule has 138 valence electrons. The van der Waals surface area contributed by atoms with Crippen molar-refractivity contribution >= 4 is 29.2 Å². The summed E-state index contributed by atoms with van der Waals surface area (Å²) >= 11 is 0. The molecule has 0 aromatic heterocycles. The van der Waals surface area contributed by atoms with E-state index in [0.717, 1.165) is 12.1 Å². The second-order valence-electron chi connectivity index (χ2n) is 5.17. The fraction of sp³-hybridized carbons (Fsp3) is 0.125. The normalized spacial score (nSPS) is 10.9. The molecule has 0 fully saturated rings. The predicted molar refractivity (Wildman–Crippen MR) is 88.5 cm³/mol. The maximum absolute atomic E-state index is 12.7. The van der Waals surface area contributed by atoms with Crippen LogP contribution in [-0.2, 0) is 12.7 Å². The summed E-state index contributed by atoms with van der Waals surface area (Å²) in [4.78, 5) is 21.5. The van der Waals surface area contributed by atoms with Gasteiger partial charge in [-0.1, -0.05) is 12.1 Å². The monoisotopic (exact) mass is 369 g/mol. The van der Waals surface area contributed by atoms with Gasteiger partial charge in [0, 0.05) is 12.2 Å². The van der Waals surface area contributed by atoms with E-state index in [1.54, 1.807) is 0 Å². The molecule has 0 spiro atoms. The van der Waals surface area contributed by atoms with Crippen LogP contribution in [0, 0.1) is 0 Å². The number of rotatable bonds is 5. The van der Waals surface area contributed by atoms with E-state index in [1.165, 1.54) is 30.3 Å². The molecule has 0 aliphatic carbocycles. The molecule has 0 atom stereocenters. The minimum absolute atomic E-state index is 0.0181. The van der Waals surface area contributed by atoms with Gasteiger partial charge in [0.05, 0.1) is 16.9 Å². The third-order valence-corrected chi connectivity index (χ3v) is 3.25. The summed E-state index contributed by atoms with van der Waals surface area (Å²) in [6, 6.07) is 8.89. The molecule has 2 amide bonds. The van der Waals surface area contributed by atoms with Gasteiger partial charge in [-0.05, 0) is 35.9 Å². The van der Waals surface area contributed by atoms with Crippen molar-refractivity contribution in [2.45, 2.75) is 12.7 Å². The molecular weight excluding hydrogens is 355 g/mol. The molecule has 26 heavy (non-hydrogen) atoms. The van der Waals surface area contributed by atoms with Crippen molar-refractivity contribution in [3.63, 3.8) is 0 Å². The number of amides is 2. The zero-order valence-corrected chi connectivity index (χ0v) is 13.1. The molecule has 2 rings (SSSR count). The van der Waals surface area contributed by atoms with Gasteiger partial charge in [0.25, 0.3) is 0 Å². The lowest BCUT2D eigenvalue weighted by atomic mass is 10.1. The molecule has 10 heteroatoms. The summed E-state index contributed by atoms with van der Waals surface area (Å²) in [5.74, 6) is 0. The Morgan fingerprint density at radius 1 is 0.923 bits per heavy atom. The third kappa shape index (κ3) is 5.30. The van der Waals surface area contributed by atoms with Crippen LogP contribution in [0.25, 0.3) is 0 Å². The maximum Gasteiger partial charge on any atom is 0.416 e. The van der Waals surface area contributed by atoms with Crippen molar-refractivity contribution in [1.82, 2.24) is 0 Å². The first-order valence-corrected chi connectivity index (χ1v) is 7.19. The average Bonchev–Trinajstić information content (AvgIpc) is 2.53. The molecular formula is C16H14F3N3O4. The lowest BCUT2D eigenvalue weighted by Gasteiger charge is -2.13. The first-order valence-electron chi connectivity index (χ1n) is 7.19. The Morgan fingerprint density at radius 2 is 1.58 bits per heavy atom. The summed E-state index contributed by atoms with van der Waals surface area (Å²) in [5.41, 5.74) is -0.00749. The molecule has 0 saturated carbocycles. The van der Waals surface area contributed by atoms with Gasteiger partial charge in [0.1, 0.15) is 0 Å². The van der Waals surface area contributed by atoms with E-state index in [1.807, 2.05) is 10.6 Å². The number of hydrogen-bond acceptors (Lipinski definition) is 3. The van der Waals surface area contributed by atoms with Gasteiger partial charge < -0.3 is 15.5 Å². The van der Waals surface area contributed by atoms with Crippen LogP contribution in [-0.4, -0.2) is 22.4 Å². The van der Waals surface area contributed by atoms with Crippen LogP contribution in [0.2, 0.25) is 0 Å². The third-order valence-electron chi connectivity index (χ3n) is 3.25. The quantitative estimate of drug-likeness (QED) is 0.533. The van der Waals surface area contributed by atoms with Crippen molar-refractivity contribution in [2.75, 3.05) is 16.0 Å². The number of carboxylic acid groups (broad SMARTS) is 2.